The molecule has 2 rings (SSSR count). The van der Waals surface area contributed by atoms with Gasteiger partial charge >= 0.3 is 5.69 Å². The molecule has 108 valence electrons. The van der Waals surface area contributed by atoms with E-state index in [2.05, 4.69) is 10.9 Å². The first-order chi connectivity index (χ1) is 9.65. The summed E-state index contributed by atoms with van der Waals surface area (Å²) in [6.07, 6.45) is 5.96. The fraction of sp³-hybridized carbons (Fsp3) is 0.538. The number of ether oxygens (including phenoxy) is 3. The standard InChI is InChI=1S/C13H16N2O5/c1-3-6-19-9-7-12(20-10(9)8-18-2)15-5-4-11(16)14-13(15)17/h1,4-5,9-10,12H,6-8H2,2H3,(H,14,16,17)/t9?,10-,12-/m1/s1. The van der Waals surface area contributed by atoms with Crippen LogP contribution in [-0.2, 0) is 14.2 Å². The Morgan fingerprint density at radius 1 is 1.60 bits per heavy atom. The Morgan fingerprint density at radius 3 is 3.05 bits per heavy atom. The van der Waals surface area contributed by atoms with E-state index < -0.39 is 17.5 Å². The van der Waals surface area contributed by atoms with Gasteiger partial charge < -0.3 is 14.2 Å². The molecule has 0 bridgehead atoms. The first-order valence-electron chi connectivity index (χ1n) is 6.16. The van der Waals surface area contributed by atoms with Gasteiger partial charge in [-0.1, -0.05) is 5.92 Å². The minimum Gasteiger partial charge on any atom is -0.382 e. The van der Waals surface area contributed by atoms with Crippen LogP contribution in [0.25, 0.3) is 0 Å². The highest BCUT2D eigenvalue weighted by molar-refractivity contribution is 4.90. The van der Waals surface area contributed by atoms with E-state index in [-0.39, 0.29) is 18.8 Å². The fourth-order valence-electron chi connectivity index (χ4n) is 2.17. The van der Waals surface area contributed by atoms with Crippen molar-refractivity contribution in [3.63, 3.8) is 0 Å². The Morgan fingerprint density at radius 2 is 2.40 bits per heavy atom. The SMILES string of the molecule is C#CCOC1C[C@H](n2ccc(=O)[nH]c2=O)O[C@@H]1COC. The zero-order valence-electron chi connectivity index (χ0n) is 11.1. The lowest BCUT2D eigenvalue weighted by atomic mass is 10.2. The molecule has 2 heterocycles. The summed E-state index contributed by atoms with van der Waals surface area (Å²) in [7, 11) is 1.56. The normalized spacial score (nSPS) is 25.5. The molecule has 1 aromatic heterocycles. The maximum atomic E-state index is 11.7. The van der Waals surface area contributed by atoms with E-state index in [1.54, 1.807) is 7.11 Å². The second kappa shape index (κ2) is 6.52. The summed E-state index contributed by atoms with van der Waals surface area (Å²) in [6.45, 7) is 0.505. The number of aromatic amines is 1. The van der Waals surface area contributed by atoms with Gasteiger partial charge in [0.1, 0.15) is 18.9 Å². The molecule has 0 radical (unpaired) electrons. The summed E-state index contributed by atoms with van der Waals surface area (Å²) in [4.78, 5) is 25.0. The molecule has 1 aromatic rings. The van der Waals surface area contributed by atoms with Crippen LogP contribution in [0, 0.1) is 12.3 Å². The molecule has 1 N–H and O–H groups in total. The molecule has 0 amide bonds. The predicted octanol–water partition coefficient (Wildman–Crippen LogP) is -0.511. The second-order valence-corrected chi connectivity index (χ2v) is 4.39. The predicted molar refractivity (Wildman–Crippen MR) is 70.3 cm³/mol. The van der Waals surface area contributed by atoms with Crippen molar-refractivity contribution in [2.24, 2.45) is 0 Å². The average Bonchev–Trinajstić information content (AvgIpc) is 2.80. The maximum Gasteiger partial charge on any atom is 0.330 e. The number of methoxy groups -OCH3 is 1. The Bertz CT molecular complexity index is 600. The molecule has 0 aromatic carbocycles. The number of nitrogens with zero attached hydrogens (tertiary/aromatic N) is 1. The number of nitrogens with one attached hydrogen (secondary N) is 1. The molecule has 0 spiro atoms. The van der Waals surface area contributed by atoms with Crippen LogP contribution in [0.15, 0.2) is 21.9 Å². The van der Waals surface area contributed by atoms with Crippen molar-refractivity contribution < 1.29 is 14.2 Å². The van der Waals surface area contributed by atoms with E-state index in [0.29, 0.717) is 13.0 Å². The minimum atomic E-state index is -0.517. The molecule has 0 saturated carbocycles. The van der Waals surface area contributed by atoms with E-state index in [1.807, 2.05) is 0 Å². The highest BCUT2D eigenvalue weighted by Crippen LogP contribution is 2.29. The lowest BCUT2D eigenvalue weighted by Gasteiger charge is -2.16. The van der Waals surface area contributed by atoms with Crippen molar-refractivity contribution >= 4 is 0 Å². The molecule has 1 aliphatic rings. The van der Waals surface area contributed by atoms with E-state index >= 15 is 0 Å². The monoisotopic (exact) mass is 280 g/mol. The number of terminal acetylenes is 1. The zero-order valence-corrected chi connectivity index (χ0v) is 11.1. The van der Waals surface area contributed by atoms with Crippen molar-refractivity contribution in [3.8, 4) is 12.3 Å². The van der Waals surface area contributed by atoms with Gasteiger partial charge in [0.05, 0.1) is 12.7 Å². The highest BCUT2D eigenvalue weighted by atomic mass is 16.6. The van der Waals surface area contributed by atoms with Gasteiger partial charge in [0.15, 0.2) is 0 Å². The third-order valence-electron chi connectivity index (χ3n) is 3.05. The van der Waals surface area contributed by atoms with E-state index in [1.165, 1.54) is 16.8 Å². The number of aromatic nitrogens is 2. The van der Waals surface area contributed by atoms with Crippen LogP contribution in [0.4, 0.5) is 0 Å². The third-order valence-corrected chi connectivity index (χ3v) is 3.05. The molecule has 1 saturated heterocycles. The van der Waals surface area contributed by atoms with Crippen LogP contribution < -0.4 is 11.2 Å². The van der Waals surface area contributed by atoms with Gasteiger partial charge in [-0.25, -0.2) is 4.79 Å². The number of hydrogen-bond donors (Lipinski definition) is 1. The number of H-pyrrole nitrogens is 1. The maximum absolute atomic E-state index is 11.7. The van der Waals surface area contributed by atoms with Crippen LogP contribution in [-0.4, -0.2) is 42.1 Å². The van der Waals surface area contributed by atoms with Crippen molar-refractivity contribution in [1.82, 2.24) is 9.55 Å². The van der Waals surface area contributed by atoms with E-state index in [4.69, 9.17) is 20.6 Å². The molecule has 1 unspecified atom stereocenters. The first-order valence-corrected chi connectivity index (χ1v) is 6.16. The Balaban J connectivity index is 2.16. The molecule has 20 heavy (non-hydrogen) atoms. The molecule has 3 atom stereocenters. The Kier molecular flexibility index (Phi) is 4.74. The largest absolute Gasteiger partial charge is 0.382 e. The minimum absolute atomic E-state index is 0.168. The molecule has 1 fully saturated rings. The molecular weight excluding hydrogens is 264 g/mol. The average molecular weight is 280 g/mol. The summed E-state index contributed by atoms with van der Waals surface area (Å²) in [5, 5.41) is 0. The molecule has 7 nitrogen and oxygen atoms in total. The van der Waals surface area contributed by atoms with Gasteiger partial charge in [-0.3, -0.25) is 14.3 Å². The van der Waals surface area contributed by atoms with E-state index in [0.717, 1.165) is 0 Å². The fourth-order valence-corrected chi connectivity index (χ4v) is 2.17. The summed E-state index contributed by atoms with van der Waals surface area (Å²) in [6, 6.07) is 1.27. The van der Waals surface area contributed by atoms with Gasteiger partial charge in [0, 0.05) is 25.8 Å². The Hall–Kier alpha value is -1.88. The van der Waals surface area contributed by atoms with Gasteiger partial charge in [-0.05, 0) is 0 Å². The Labute approximate surface area is 115 Å². The molecule has 0 aliphatic carbocycles. The lowest BCUT2D eigenvalue weighted by molar-refractivity contribution is -0.0655. The van der Waals surface area contributed by atoms with Crippen LogP contribution >= 0.6 is 0 Å². The van der Waals surface area contributed by atoms with Crippen molar-refractivity contribution in [3.05, 3.63) is 33.1 Å². The number of rotatable bonds is 5. The topological polar surface area (TPSA) is 82.6 Å². The number of hydrogen-bond acceptors (Lipinski definition) is 5. The van der Waals surface area contributed by atoms with Gasteiger partial charge in [-0.2, -0.15) is 0 Å². The quantitative estimate of drug-likeness (QED) is 0.734. The molecule has 7 heteroatoms. The van der Waals surface area contributed by atoms with Gasteiger partial charge in [0.25, 0.3) is 5.56 Å². The van der Waals surface area contributed by atoms with Gasteiger partial charge in [-0.15, -0.1) is 6.42 Å². The summed E-state index contributed by atoms with van der Waals surface area (Å²) >= 11 is 0. The van der Waals surface area contributed by atoms with Gasteiger partial charge in [0.2, 0.25) is 0 Å². The summed E-state index contributed by atoms with van der Waals surface area (Å²) in [5.41, 5.74) is -0.964. The van der Waals surface area contributed by atoms with Crippen molar-refractivity contribution in [1.29, 1.82) is 0 Å². The summed E-state index contributed by atoms with van der Waals surface area (Å²) in [5.74, 6) is 2.40. The van der Waals surface area contributed by atoms with Crippen LogP contribution in [0.5, 0.6) is 0 Å². The lowest BCUT2D eigenvalue weighted by Crippen LogP contribution is -2.31. The molecular formula is C13H16N2O5. The van der Waals surface area contributed by atoms with Crippen molar-refractivity contribution in [2.45, 2.75) is 24.9 Å². The van der Waals surface area contributed by atoms with E-state index in [9.17, 15) is 9.59 Å². The second-order valence-electron chi connectivity index (χ2n) is 4.39. The van der Waals surface area contributed by atoms with Crippen LogP contribution in [0.1, 0.15) is 12.6 Å². The first kappa shape index (κ1) is 14.5. The molecule has 1 aliphatic heterocycles. The van der Waals surface area contributed by atoms with Crippen LogP contribution in [0.3, 0.4) is 0 Å². The highest BCUT2D eigenvalue weighted by Gasteiger charge is 2.37. The van der Waals surface area contributed by atoms with Crippen LogP contribution in [0.2, 0.25) is 0 Å². The zero-order chi connectivity index (χ0) is 14.5. The third kappa shape index (κ3) is 3.17. The summed E-state index contributed by atoms with van der Waals surface area (Å²) < 4.78 is 17.6. The van der Waals surface area contributed by atoms with Crippen molar-refractivity contribution in [2.75, 3.05) is 20.3 Å². The smallest absolute Gasteiger partial charge is 0.330 e.